The lowest BCUT2D eigenvalue weighted by atomic mass is 9.81. The van der Waals surface area contributed by atoms with Gasteiger partial charge in [0.2, 0.25) is 0 Å². The first-order valence-corrected chi connectivity index (χ1v) is 6.93. The molecule has 0 radical (unpaired) electrons. The van der Waals surface area contributed by atoms with Crippen molar-refractivity contribution in [3.8, 4) is 5.75 Å². The predicted octanol–water partition coefficient (Wildman–Crippen LogP) is 4.03. The van der Waals surface area contributed by atoms with Crippen LogP contribution in [0, 0.1) is 5.41 Å². The summed E-state index contributed by atoms with van der Waals surface area (Å²) >= 11 is 0. The molecule has 0 saturated carbocycles. The van der Waals surface area contributed by atoms with Crippen LogP contribution in [0.4, 0.5) is 0 Å². The fraction of sp³-hybridized carbons (Fsp3) is 0.588. The standard InChI is InChI=1S/C17H24O2/c1-16(2,3)10-11-7-12-9-14(18)19-15(12)13(8-11)17(4,5)6/h7-8H,9-10H2,1-6H3. The van der Waals surface area contributed by atoms with Gasteiger partial charge < -0.3 is 4.74 Å². The van der Waals surface area contributed by atoms with Crippen molar-refractivity contribution in [3.05, 3.63) is 28.8 Å². The monoisotopic (exact) mass is 260 g/mol. The highest BCUT2D eigenvalue weighted by Gasteiger charge is 2.30. The number of ether oxygens (including phenoxy) is 1. The Kier molecular flexibility index (Phi) is 3.24. The van der Waals surface area contributed by atoms with Crippen LogP contribution in [-0.4, -0.2) is 5.97 Å². The second-order valence-corrected chi connectivity index (χ2v) is 7.77. The molecule has 1 heterocycles. The Morgan fingerprint density at radius 2 is 1.74 bits per heavy atom. The van der Waals surface area contributed by atoms with Crippen molar-refractivity contribution >= 4 is 5.97 Å². The summed E-state index contributed by atoms with van der Waals surface area (Å²) in [5.74, 6) is 0.670. The van der Waals surface area contributed by atoms with E-state index >= 15 is 0 Å². The van der Waals surface area contributed by atoms with Crippen LogP contribution in [-0.2, 0) is 23.1 Å². The van der Waals surface area contributed by atoms with E-state index in [1.165, 1.54) is 5.56 Å². The first-order chi connectivity index (χ1) is 8.56. The molecule has 1 aliphatic heterocycles. The Bertz CT molecular complexity index is 513. The van der Waals surface area contributed by atoms with Gasteiger partial charge in [-0.2, -0.15) is 0 Å². The van der Waals surface area contributed by atoms with Gasteiger partial charge in [-0.25, -0.2) is 0 Å². The van der Waals surface area contributed by atoms with Crippen LogP contribution < -0.4 is 4.74 Å². The van der Waals surface area contributed by atoms with Gasteiger partial charge in [-0.1, -0.05) is 53.7 Å². The SMILES string of the molecule is CC(C)(C)Cc1cc2c(c(C(C)(C)C)c1)OC(=O)C2. The molecule has 0 fully saturated rings. The summed E-state index contributed by atoms with van der Waals surface area (Å²) in [6.07, 6.45) is 1.42. The molecular formula is C17H24O2. The molecular weight excluding hydrogens is 236 g/mol. The zero-order chi connectivity index (χ0) is 14.4. The zero-order valence-electron chi connectivity index (χ0n) is 12.9. The van der Waals surface area contributed by atoms with E-state index in [4.69, 9.17) is 4.74 Å². The number of esters is 1. The molecule has 2 rings (SSSR count). The molecule has 0 bridgehead atoms. The minimum atomic E-state index is -0.131. The molecule has 0 saturated heterocycles. The van der Waals surface area contributed by atoms with Crippen molar-refractivity contribution in [1.29, 1.82) is 0 Å². The van der Waals surface area contributed by atoms with E-state index in [9.17, 15) is 4.79 Å². The van der Waals surface area contributed by atoms with Gasteiger partial charge in [-0.15, -0.1) is 0 Å². The lowest BCUT2D eigenvalue weighted by Crippen LogP contribution is -2.15. The third kappa shape index (κ3) is 3.17. The molecule has 0 unspecified atom stereocenters. The first kappa shape index (κ1) is 14.1. The number of carbonyl (C=O) groups excluding carboxylic acids is 1. The van der Waals surface area contributed by atoms with Crippen molar-refractivity contribution in [3.63, 3.8) is 0 Å². The van der Waals surface area contributed by atoms with Gasteiger partial charge in [0.25, 0.3) is 0 Å². The van der Waals surface area contributed by atoms with E-state index in [2.05, 4.69) is 53.7 Å². The van der Waals surface area contributed by atoms with E-state index in [0.717, 1.165) is 23.3 Å². The first-order valence-electron chi connectivity index (χ1n) is 6.93. The van der Waals surface area contributed by atoms with E-state index in [1.807, 2.05) is 0 Å². The summed E-state index contributed by atoms with van der Waals surface area (Å²) < 4.78 is 5.41. The number of carbonyl (C=O) groups is 1. The highest BCUT2D eigenvalue weighted by molar-refractivity contribution is 5.82. The van der Waals surface area contributed by atoms with Gasteiger partial charge >= 0.3 is 5.97 Å². The fourth-order valence-corrected chi connectivity index (χ4v) is 2.58. The summed E-state index contributed by atoms with van der Waals surface area (Å²) in [6, 6.07) is 4.35. The molecule has 0 aromatic heterocycles. The molecule has 0 spiro atoms. The van der Waals surface area contributed by atoms with E-state index in [-0.39, 0.29) is 16.8 Å². The summed E-state index contributed by atoms with van der Waals surface area (Å²) in [5.41, 5.74) is 3.73. The maximum absolute atomic E-state index is 11.6. The lowest BCUT2D eigenvalue weighted by molar-refractivity contribution is -0.131. The molecule has 0 atom stereocenters. The van der Waals surface area contributed by atoms with Crippen LogP contribution in [0.15, 0.2) is 12.1 Å². The maximum atomic E-state index is 11.6. The van der Waals surface area contributed by atoms with E-state index in [1.54, 1.807) is 0 Å². The van der Waals surface area contributed by atoms with E-state index in [0.29, 0.717) is 6.42 Å². The minimum absolute atomic E-state index is 0.0113. The minimum Gasteiger partial charge on any atom is -0.426 e. The average Bonchev–Trinajstić information content (AvgIpc) is 2.52. The molecule has 0 N–H and O–H groups in total. The zero-order valence-corrected chi connectivity index (χ0v) is 12.9. The molecule has 2 heteroatoms. The summed E-state index contributed by atoms with van der Waals surface area (Å²) in [4.78, 5) is 11.6. The molecule has 1 aromatic rings. The predicted molar refractivity (Wildman–Crippen MR) is 77.6 cm³/mol. The molecule has 104 valence electrons. The summed E-state index contributed by atoms with van der Waals surface area (Å²) in [7, 11) is 0. The van der Waals surface area contributed by atoms with Crippen LogP contribution in [0.2, 0.25) is 0 Å². The number of benzene rings is 1. The third-order valence-electron chi connectivity index (χ3n) is 3.32. The van der Waals surface area contributed by atoms with Gasteiger partial charge in [0.1, 0.15) is 5.75 Å². The molecule has 19 heavy (non-hydrogen) atoms. The van der Waals surface area contributed by atoms with Crippen LogP contribution in [0.25, 0.3) is 0 Å². The third-order valence-corrected chi connectivity index (χ3v) is 3.32. The van der Waals surface area contributed by atoms with Gasteiger partial charge in [-0.05, 0) is 22.8 Å². The molecule has 1 aliphatic rings. The van der Waals surface area contributed by atoms with Gasteiger partial charge in [-0.3, -0.25) is 4.79 Å². The summed E-state index contributed by atoms with van der Waals surface area (Å²) in [5, 5.41) is 0. The average molecular weight is 260 g/mol. The number of rotatable bonds is 1. The molecule has 0 aliphatic carbocycles. The van der Waals surface area contributed by atoms with Crippen molar-refractivity contribution in [2.24, 2.45) is 5.41 Å². The van der Waals surface area contributed by atoms with Crippen LogP contribution in [0.3, 0.4) is 0 Å². The van der Waals surface area contributed by atoms with Gasteiger partial charge in [0.15, 0.2) is 0 Å². The van der Waals surface area contributed by atoms with Crippen LogP contribution in [0.5, 0.6) is 5.75 Å². The second-order valence-electron chi connectivity index (χ2n) is 7.77. The Morgan fingerprint density at radius 1 is 1.11 bits per heavy atom. The highest BCUT2D eigenvalue weighted by atomic mass is 16.5. The van der Waals surface area contributed by atoms with Crippen LogP contribution in [0.1, 0.15) is 58.2 Å². The normalized spacial score (nSPS) is 15.4. The molecule has 0 amide bonds. The van der Waals surface area contributed by atoms with Gasteiger partial charge in [0, 0.05) is 11.1 Å². The molecule has 1 aromatic carbocycles. The largest absolute Gasteiger partial charge is 0.426 e. The number of hydrogen-bond donors (Lipinski definition) is 0. The maximum Gasteiger partial charge on any atom is 0.315 e. The highest BCUT2D eigenvalue weighted by Crippen LogP contribution is 2.39. The van der Waals surface area contributed by atoms with Gasteiger partial charge in [0.05, 0.1) is 6.42 Å². The Hall–Kier alpha value is -1.31. The quantitative estimate of drug-likeness (QED) is 0.563. The van der Waals surface area contributed by atoms with Crippen molar-refractivity contribution in [1.82, 2.24) is 0 Å². The second kappa shape index (κ2) is 4.36. The van der Waals surface area contributed by atoms with Crippen molar-refractivity contribution in [2.45, 2.75) is 59.8 Å². The van der Waals surface area contributed by atoms with Crippen molar-refractivity contribution in [2.75, 3.05) is 0 Å². The number of hydrogen-bond acceptors (Lipinski definition) is 2. The molecule has 2 nitrogen and oxygen atoms in total. The van der Waals surface area contributed by atoms with Crippen molar-refractivity contribution < 1.29 is 9.53 Å². The topological polar surface area (TPSA) is 26.3 Å². The Balaban J connectivity index is 2.51. The number of fused-ring (bicyclic) bond motifs is 1. The van der Waals surface area contributed by atoms with Crippen LogP contribution >= 0.6 is 0 Å². The lowest BCUT2D eigenvalue weighted by Gasteiger charge is -2.24. The smallest absolute Gasteiger partial charge is 0.315 e. The summed E-state index contributed by atoms with van der Waals surface area (Å²) in [6.45, 7) is 13.2. The Morgan fingerprint density at radius 3 is 2.26 bits per heavy atom. The fourth-order valence-electron chi connectivity index (χ4n) is 2.58. The van der Waals surface area contributed by atoms with E-state index < -0.39 is 0 Å². The Labute approximate surface area is 116 Å².